The van der Waals surface area contributed by atoms with Crippen LogP contribution in [0.15, 0.2) is 0 Å². The van der Waals surface area contributed by atoms with Crippen molar-refractivity contribution in [3.63, 3.8) is 0 Å². The van der Waals surface area contributed by atoms with Gasteiger partial charge in [-0.1, -0.05) is 0 Å². The van der Waals surface area contributed by atoms with E-state index in [0.717, 1.165) is 0 Å². The van der Waals surface area contributed by atoms with Crippen LogP contribution >= 0.6 is 0 Å². The van der Waals surface area contributed by atoms with Crippen LogP contribution in [-0.2, 0) is 14.6 Å². The van der Waals surface area contributed by atoms with Gasteiger partial charge in [0.1, 0.15) is 9.84 Å². The number of hydrogen-bond donors (Lipinski definition) is 2. The Morgan fingerprint density at radius 3 is 2.50 bits per heavy atom. The molecule has 0 aromatic heterocycles. The molecule has 0 aromatic carbocycles. The van der Waals surface area contributed by atoms with Crippen LogP contribution < -0.4 is 0 Å². The third-order valence-electron chi connectivity index (χ3n) is 3.14. The van der Waals surface area contributed by atoms with E-state index in [9.17, 15) is 23.4 Å². The van der Waals surface area contributed by atoms with Crippen LogP contribution in [0.1, 0.15) is 32.6 Å². The zero-order chi connectivity index (χ0) is 12.4. The van der Waals surface area contributed by atoms with Gasteiger partial charge in [0, 0.05) is 0 Å². The normalized spacial score (nSPS) is 31.6. The van der Waals surface area contributed by atoms with Gasteiger partial charge in [0.15, 0.2) is 0 Å². The average Bonchev–Trinajstić information content (AvgIpc) is 2.25. The van der Waals surface area contributed by atoms with Crippen LogP contribution in [0.4, 0.5) is 0 Å². The maximum absolute atomic E-state index is 11.4. The van der Waals surface area contributed by atoms with Crippen molar-refractivity contribution in [1.82, 2.24) is 0 Å². The third kappa shape index (κ3) is 3.18. The van der Waals surface area contributed by atoms with E-state index < -0.39 is 27.3 Å². The number of aliphatic hydroxyl groups is 1. The highest BCUT2D eigenvalue weighted by Gasteiger charge is 2.41. The lowest BCUT2D eigenvalue weighted by Crippen LogP contribution is -2.34. The first-order valence-electron chi connectivity index (χ1n) is 5.39. The molecule has 1 saturated heterocycles. The highest BCUT2D eigenvalue weighted by atomic mass is 32.2. The van der Waals surface area contributed by atoms with E-state index in [-0.39, 0.29) is 24.3 Å². The van der Waals surface area contributed by atoms with Crippen molar-refractivity contribution >= 4 is 15.8 Å². The third-order valence-corrected chi connectivity index (χ3v) is 4.88. The highest BCUT2D eigenvalue weighted by molar-refractivity contribution is 7.91. The van der Waals surface area contributed by atoms with Crippen molar-refractivity contribution in [3.05, 3.63) is 0 Å². The molecule has 6 heteroatoms. The minimum atomic E-state index is -3.10. The molecule has 16 heavy (non-hydrogen) atoms. The molecule has 2 unspecified atom stereocenters. The van der Waals surface area contributed by atoms with Crippen molar-refractivity contribution in [2.24, 2.45) is 5.41 Å². The SMILES string of the molecule is CC(O)CC1(C(=O)O)CCCS(=O)(=O)CC1. The first-order chi connectivity index (χ1) is 7.27. The van der Waals surface area contributed by atoms with E-state index in [2.05, 4.69) is 0 Å². The molecule has 5 nitrogen and oxygen atoms in total. The largest absolute Gasteiger partial charge is 0.481 e. The lowest BCUT2D eigenvalue weighted by Gasteiger charge is -2.28. The summed E-state index contributed by atoms with van der Waals surface area (Å²) in [5, 5.41) is 18.6. The number of aliphatic hydroxyl groups excluding tert-OH is 1. The number of rotatable bonds is 3. The van der Waals surface area contributed by atoms with Gasteiger partial charge in [0.2, 0.25) is 0 Å². The first kappa shape index (κ1) is 13.4. The van der Waals surface area contributed by atoms with Gasteiger partial charge < -0.3 is 10.2 Å². The van der Waals surface area contributed by atoms with Crippen LogP contribution in [-0.4, -0.2) is 42.2 Å². The molecule has 2 atom stereocenters. The van der Waals surface area contributed by atoms with E-state index in [1.807, 2.05) is 0 Å². The molecule has 0 amide bonds. The Balaban J connectivity index is 2.90. The predicted molar refractivity (Wildman–Crippen MR) is 58.9 cm³/mol. The van der Waals surface area contributed by atoms with E-state index in [0.29, 0.717) is 12.8 Å². The second kappa shape index (κ2) is 4.71. The first-order valence-corrected chi connectivity index (χ1v) is 7.21. The van der Waals surface area contributed by atoms with Crippen LogP contribution in [0.3, 0.4) is 0 Å². The van der Waals surface area contributed by atoms with E-state index in [4.69, 9.17) is 0 Å². The summed E-state index contributed by atoms with van der Waals surface area (Å²) < 4.78 is 22.8. The number of hydrogen-bond acceptors (Lipinski definition) is 4. The molecule has 94 valence electrons. The van der Waals surface area contributed by atoms with E-state index >= 15 is 0 Å². The average molecular weight is 250 g/mol. The smallest absolute Gasteiger partial charge is 0.309 e. The Morgan fingerprint density at radius 2 is 2.00 bits per heavy atom. The summed E-state index contributed by atoms with van der Waals surface area (Å²) in [5.74, 6) is -1.03. The maximum Gasteiger partial charge on any atom is 0.309 e. The van der Waals surface area contributed by atoms with Gasteiger partial charge >= 0.3 is 5.97 Å². The molecule has 0 aliphatic carbocycles. The van der Waals surface area contributed by atoms with Gasteiger partial charge in [-0.25, -0.2) is 8.42 Å². The van der Waals surface area contributed by atoms with Crippen molar-refractivity contribution < 1.29 is 23.4 Å². The van der Waals surface area contributed by atoms with Crippen LogP contribution in [0.5, 0.6) is 0 Å². The Morgan fingerprint density at radius 1 is 1.38 bits per heavy atom. The number of carboxylic acid groups (broad SMARTS) is 1. The molecule has 1 heterocycles. The van der Waals surface area contributed by atoms with Gasteiger partial charge in [0.05, 0.1) is 23.0 Å². The Kier molecular flexibility index (Phi) is 3.96. The molecule has 2 N–H and O–H groups in total. The highest BCUT2D eigenvalue weighted by Crippen LogP contribution is 2.37. The lowest BCUT2D eigenvalue weighted by atomic mass is 9.76. The summed E-state index contributed by atoms with van der Waals surface area (Å²) >= 11 is 0. The summed E-state index contributed by atoms with van der Waals surface area (Å²) in [4.78, 5) is 11.3. The van der Waals surface area contributed by atoms with Gasteiger partial charge in [-0.05, 0) is 32.6 Å². The Hall–Kier alpha value is -0.620. The lowest BCUT2D eigenvalue weighted by molar-refractivity contribution is -0.151. The molecule has 0 spiro atoms. The van der Waals surface area contributed by atoms with Crippen LogP contribution in [0, 0.1) is 5.41 Å². The quantitative estimate of drug-likeness (QED) is 0.757. The monoisotopic (exact) mass is 250 g/mol. The molecule has 1 fully saturated rings. The van der Waals surface area contributed by atoms with Crippen LogP contribution in [0.2, 0.25) is 0 Å². The fourth-order valence-electron chi connectivity index (χ4n) is 2.28. The minimum Gasteiger partial charge on any atom is -0.481 e. The number of sulfone groups is 1. The Labute approximate surface area is 95.4 Å². The molecule has 1 aliphatic heterocycles. The minimum absolute atomic E-state index is 0.0574. The molecular formula is C10H18O5S. The standard InChI is InChI=1S/C10H18O5S/c1-8(11)7-10(9(12)13)3-2-5-16(14,15)6-4-10/h8,11H,2-7H2,1H3,(H,12,13). The number of carbonyl (C=O) groups is 1. The van der Waals surface area contributed by atoms with Crippen molar-refractivity contribution in [2.75, 3.05) is 11.5 Å². The summed E-state index contributed by atoms with van der Waals surface area (Å²) in [7, 11) is -3.10. The molecule has 0 saturated carbocycles. The van der Waals surface area contributed by atoms with Crippen LogP contribution in [0.25, 0.3) is 0 Å². The molecular weight excluding hydrogens is 232 g/mol. The topological polar surface area (TPSA) is 91.7 Å². The van der Waals surface area contributed by atoms with Gasteiger partial charge in [0.25, 0.3) is 0 Å². The molecule has 0 radical (unpaired) electrons. The summed E-state index contributed by atoms with van der Waals surface area (Å²) in [6, 6.07) is 0. The van der Waals surface area contributed by atoms with Gasteiger partial charge in [-0.15, -0.1) is 0 Å². The van der Waals surface area contributed by atoms with Crippen molar-refractivity contribution in [2.45, 2.75) is 38.7 Å². The van der Waals surface area contributed by atoms with Gasteiger partial charge in [-0.2, -0.15) is 0 Å². The Bertz CT molecular complexity index is 359. The molecule has 1 aliphatic rings. The van der Waals surface area contributed by atoms with E-state index in [1.165, 1.54) is 6.92 Å². The predicted octanol–water partition coefficient (Wildman–Crippen LogP) is 0.427. The van der Waals surface area contributed by atoms with E-state index in [1.54, 1.807) is 0 Å². The second-order valence-electron chi connectivity index (χ2n) is 4.64. The van der Waals surface area contributed by atoms with Crippen molar-refractivity contribution in [1.29, 1.82) is 0 Å². The van der Waals surface area contributed by atoms with Gasteiger partial charge in [-0.3, -0.25) is 4.79 Å². The zero-order valence-corrected chi connectivity index (χ0v) is 10.2. The number of aliphatic carboxylic acids is 1. The number of carboxylic acids is 1. The summed E-state index contributed by atoms with van der Waals surface area (Å²) in [6.07, 6.45) is 0.193. The summed E-state index contributed by atoms with van der Waals surface area (Å²) in [5.41, 5.74) is -1.07. The zero-order valence-electron chi connectivity index (χ0n) is 9.35. The molecule has 1 rings (SSSR count). The summed E-state index contributed by atoms with van der Waals surface area (Å²) in [6.45, 7) is 1.53. The molecule has 0 aromatic rings. The maximum atomic E-state index is 11.4. The molecule has 0 bridgehead atoms. The second-order valence-corrected chi connectivity index (χ2v) is 6.95. The fraction of sp³-hybridized carbons (Fsp3) is 0.900. The fourth-order valence-corrected chi connectivity index (χ4v) is 3.77. The van der Waals surface area contributed by atoms with Crippen molar-refractivity contribution in [3.8, 4) is 0 Å².